The smallest absolute Gasteiger partial charge is 0.398 e. The number of unbranched alkanes of at least 4 members (excludes halogenated alkanes) is 2. The molecule has 1 aliphatic rings. The van der Waals surface area contributed by atoms with Crippen molar-refractivity contribution in [3.8, 4) is 0 Å². The van der Waals surface area contributed by atoms with Crippen LogP contribution in [0.3, 0.4) is 0 Å². The van der Waals surface area contributed by atoms with Crippen LogP contribution >= 0.6 is 0 Å². The number of benzene rings is 3. The molecular formula is C33H28F7NO3. The number of ketones is 3. The predicted octanol–water partition coefficient (Wildman–Crippen LogP) is 8.60. The lowest BCUT2D eigenvalue weighted by Crippen LogP contribution is -2.15. The van der Waals surface area contributed by atoms with Crippen LogP contribution in [0.2, 0.25) is 0 Å². The average Bonchev–Trinajstić information content (AvgIpc) is 2.94. The number of hydrogen-bond acceptors (Lipinski definition) is 4. The Hall–Kier alpha value is -4.28. The second-order valence-corrected chi connectivity index (χ2v) is 10.8. The van der Waals surface area contributed by atoms with Gasteiger partial charge in [-0.1, -0.05) is 24.6 Å². The number of anilines is 1. The number of Topliss-reactive ketones (excluding diaryl/α,β-unsaturated/α-hetero) is 3. The maximum Gasteiger partial charge on any atom is 0.416 e. The molecule has 4 rings (SSSR count). The first-order chi connectivity index (χ1) is 20.6. The van der Waals surface area contributed by atoms with Crippen molar-refractivity contribution in [3.05, 3.63) is 105 Å². The highest BCUT2D eigenvalue weighted by atomic mass is 19.4. The average molecular weight is 620 g/mol. The number of hydrogen-bond donors (Lipinski definition) is 1. The van der Waals surface area contributed by atoms with Gasteiger partial charge in [0.1, 0.15) is 11.6 Å². The molecule has 0 aliphatic heterocycles. The van der Waals surface area contributed by atoms with Gasteiger partial charge in [-0.05, 0) is 84.8 Å². The molecule has 3 aromatic rings. The van der Waals surface area contributed by atoms with Gasteiger partial charge in [-0.2, -0.15) is 26.3 Å². The molecule has 4 nitrogen and oxygen atoms in total. The molecule has 0 saturated carbocycles. The molecule has 0 atom stereocenters. The molecule has 0 aromatic heterocycles. The summed E-state index contributed by atoms with van der Waals surface area (Å²) in [6, 6.07) is 9.59. The summed E-state index contributed by atoms with van der Waals surface area (Å²) in [7, 11) is 0. The summed E-state index contributed by atoms with van der Waals surface area (Å²) in [5.41, 5.74) is 4.48. The van der Waals surface area contributed by atoms with Crippen molar-refractivity contribution in [2.24, 2.45) is 0 Å². The number of nitrogen functional groups attached to an aromatic ring is 1. The number of carbonyl (C=O) groups is 3. The number of nitrogens with two attached hydrogens (primary N) is 1. The number of rotatable bonds is 10. The van der Waals surface area contributed by atoms with Crippen molar-refractivity contribution in [1.29, 1.82) is 0 Å². The van der Waals surface area contributed by atoms with Crippen LogP contribution in [0.25, 0.3) is 6.08 Å². The molecule has 1 aliphatic carbocycles. The standard InChI is InChI=1S/C33H28F7NO3/c34-26-10-8-21(29(41)18-26)16-27(42)4-2-1-3-5-30(43)22-9-11-28-20(15-22)6-7-23(31(28)44)12-19-13-24(32(35,36)37)17-25(14-19)33(38,39)40/h8-15,17-18H,1-7,16,41H2/b23-12+. The normalized spacial score (nSPS) is 14.5. The number of carbonyl (C=O) groups excluding carboxylic acids is 3. The van der Waals surface area contributed by atoms with E-state index in [9.17, 15) is 45.1 Å². The highest BCUT2D eigenvalue weighted by molar-refractivity contribution is 6.13. The van der Waals surface area contributed by atoms with Crippen molar-refractivity contribution in [1.82, 2.24) is 0 Å². The van der Waals surface area contributed by atoms with E-state index in [4.69, 9.17) is 5.73 Å². The van der Waals surface area contributed by atoms with Crippen LogP contribution in [0.15, 0.2) is 60.2 Å². The van der Waals surface area contributed by atoms with Gasteiger partial charge in [-0.3, -0.25) is 14.4 Å². The third kappa shape index (κ3) is 8.21. The molecular weight excluding hydrogens is 591 g/mol. The molecule has 0 saturated heterocycles. The third-order valence-corrected chi connectivity index (χ3v) is 7.43. The minimum Gasteiger partial charge on any atom is -0.398 e. The van der Waals surface area contributed by atoms with E-state index in [1.165, 1.54) is 24.3 Å². The lowest BCUT2D eigenvalue weighted by atomic mass is 9.84. The molecule has 0 spiro atoms. The number of allylic oxidation sites excluding steroid dienone is 1. The molecule has 0 fully saturated rings. The van der Waals surface area contributed by atoms with Crippen LogP contribution in [0.1, 0.15) is 87.1 Å². The van der Waals surface area contributed by atoms with E-state index in [0.29, 0.717) is 54.5 Å². The van der Waals surface area contributed by atoms with Crippen LogP contribution in [0.5, 0.6) is 0 Å². The van der Waals surface area contributed by atoms with Gasteiger partial charge in [0.05, 0.1) is 11.1 Å². The quantitative estimate of drug-likeness (QED) is 0.0811. The van der Waals surface area contributed by atoms with E-state index in [2.05, 4.69) is 0 Å². The van der Waals surface area contributed by atoms with Crippen molar-refractivity contribution >= 4 is 29.1 Å². The Morgan fingerprint density at radius 1 is 0.795 bits per heavy atom. The SMILES string of the molecule is Nc1cc(F)ccc1CC(=O)CCCCCC(=O)c1ccc2c(c1)CC/C(=C\c1cc(C(F)(F)F)cc(C(F)(F)F)c1)C2=O. The van der Waals surface area contributed by atoms with Crippen molar-refractivity contribution in [2.75, 3.05) is 5.73 Å². The second-order valence-electron chi connectivity index (χ2n) is 10.8. The molecule has 0 amide bonds. The van der Waals surface area contributed by atoms with Gasteiger partial charge in [0.2, 0.25) is 0 Å². The first kappa shape index (κ1) is 32.6. The van der Waals surface area contributed by atoms with E-state index < -0.39 is 35.1 Å². The Balaban J connectivity index is 1.34. The zero-order chi connectivity index (χ0) is 32.2. The summed E-state index contributed by atoms with van der Waals surface area (Å²) in [4.78, 5) is 38.0. The van der Waals surface area contributed by atoms with E-state index in [-0.39, 0.29) is 65.7 Å². The molecule has 11 heteroatoms. The highest BCUT2D eigenvalue weighted by Gasteiger charge is 2.37. The second kappa shape index (κ2) is 13.2. The van der Waals surface area contributed by atoms with Gasteiger partial charge in [0.25, 0.3) is 0 Å². The topological polar surface area (TPSA) is 77.2 Å². The summed E-state index contributed by atoms with van der Waals surface area (Å²) in [5, 5.41) is 0. The van der Waals surface area contributed by atoms with Crippen LogP contribution in [0, 0.1) is 5.82 Å². The van der Waals surface area contributed by atoms with Crippen LogP contribution in [-0.2, 0) is 30.0 Å². The van der Waals surface area contributed by atoms with Crippen molar-refractivity contribution < 1.29 is 45.1 Å². The monoisotopic (exact) mass is 619 g/mol. The molecule has 0 bridgehead atoms. The van der Waals surface area contributed by atoms with E-state index in [0.717, 1.165) is 12.1 Å². The van der Waals surface area contributed by atoms with Crippen LogP contribution < -0.4 is 5.73 Å². The molecule has 44 heavy (non-hydrogen) atoms. The summed E-state index contributed by atoms with van der Waals surface area (Å²) in [6.45, 7) is 0. The third-order valence-electron chi connectivity index (χ3n) is 7.43. The molecule has 0 unspecified atom stereocenters. The number of fused-ring (bicyclic) bond motifs is 1. The first-order valence-corrected chi connectivity index (χ1v) is 13.9. The van der Waals surface area contributed by atoms with Gasteiger partial charge in [0, 0.05) is 41.6 Å². The molecule has 232 valence electrons. The van der Waals surface area contributed by atoms with Gasteiger partial charge in [-0.15, -0.1) is 0 Å². The fourth-order valence-corrected chi connectivity index (χ4v) is 5.11. The molecule has 0 radical (unpaired) electrons. The molecule has 3 aromatic carbocycles. The Labute approximate surface area is 248 Å². The van der Waals surface area contributed by atoms with Gasteiger partial charge < -0.3 is 5.73 Å². The van der Waals surface area contributed by atoms with E-state index in [1.54, 1.807) is 6.07 Å². The number of halogens is 7. The summed E-state index contributed by atoms with van der Waals surface area (Å²) in [5.74, 6) is -1.20. The number of aryl methyl sites for hydroxylation is 1. The zero-order valence-corrected chi connectivity index (χ0v) is 23.4. The van der Waals surface area contributed by atoms with E-state index in [1.807, 2.05) is 0 Å². The minimum absolute atomic E-state index is 0.0326. The van der Waals surface area contributed by atoms with Gasteiger partial charge >= 0.3 is 12.4 Å². The lowest BCUT2D eigenvalue weighted by molar-refractivity contribution is -0.143. The largest absolute Gasteiger partial charge is 0.416 e. The fraction of sp³-hybridized carbons (Fsp3) is 0.303. The Kier molecular flexibility index (Phi) is 9.75. The Morgan fingerprint density at radius 3 is 2.09 bits per heavy atom. The van der Waals surface area contributed by atoms with Crippen LogP contribution in [0.4, 0.5) is 36.4 Å². The zero-order valence-electron chi connectivity index (χ0n) is 23.4. The first-order valence-electron chi connectivity index (χ1n) is 13.9. The maximum atomic E-state index is 13.2. The maximum absolute atomic E-state index is 13.2. The van der Waals surface area contributed by atoms with E-state index >= 15 is 0 Å². The molecule has 0 heterocycles. The molecule has 2 N–H and O–H groups in total. The van der Waals surface area contributed by atoms with Crippen molar-refractivity contribution in [2.45, 2.75) is 63.7 Å². The van der Waals surface area contributed by atoms with Crippen LogP contribution in [-0.4, -0.2) is 17.3 Å². The fourth-order valence-electron chi connectivity index (χ4n) is 5.11. The van der Waals surface area contributed by atoms with Crippen molar-refractivity contribution in [3.63, 3.8) is 0 Å². The summed E-state index contributed by atoms with van der Waals surface area (Å²) in [6.07, 6.45) is -6.26. The minimum atomic E-state index is -5.00. The Morgan fingerprint density at radius 2 is 1.45 bits per heavy atom. The van der Waals surface area contributed by atoms with Gasteiger partial charge in [0.15, 0.2) is 11.6 Å². The highest BCUT2D eigenvalue weighted by Crippen LogP contribution is 2.37. The number of alkyl halides is 6. The van der Waals surface area contributed by atoms with Gasteiger partial charge in [-0.25, -0.2) is 4.39 Å². The Bertz CT molecular complexity index is 1590. The lowest BCUT2D eigenvalue weighted by Gasteiger charge is -2.19. The summed E-state index contributed by atoms with van der Waals surface area (Å²) < 4.78 is 92.5. The predicted molar refractivity (Wildman–Crippen MR) is 150 cm³/mol. The summed E-state index contributed by atoms with van der Waals surface area (Å²) >= 11 is 0.